The van der Waals surface area contributed by atoms with Gasteiger partial charge in [-0.25, -0.2) is 0 Å². The van der Waals surface area contributed by atoms with Gasteiger partial charge in [-0.15, -0.1) is 0 Å². The molecule has 2 aromatic rings. The first-order chi connectivity index (χ1) is 18.2. The molecular formula is C29H48O7Si3. The van der Waals surface area contributed by atoms with Crippen molar-refractivity contribution in [3.63, 3.8) is 0 Å². The molecular weight excluding hydrogens is 545 g/mol. The Morgan fingerprint density at radius 1 is 0.641 bits per heavy atom. The summed E-state index contributed by atoms with van der Waals surface area (Å²) in [7, 11) is -1.17. The van der Waals surface area contributed by atoms with Gasteiger partial charge in [0.15, 0.2) is 39.6 Å². The summed E-state index contributed by atoms with van der Waals surface area (Å²) in [5.74, 6) is 2.20. The molecule has 0 aliphatic rings. The number of hydrogen-bond acceptors (Lipinski definition) is 7. The van der Waals surface area contributed by atoms with Crippen LogP contribution >= 0.6 is 0 Å². The monoisotopic (exact) mass is 592 g/mol. The van der Waals surface area contributed by atoms with E-state index in [0.29, 0.717) is 11.5 Å². The molecule has 0 unspecified atom stereocenters. The fourth-order valence-electron chi connectivity index (χ4n) is 5.03. The number of esters is 1. The highest BCUT2D eigenvalue weighted by Crippen LogP contribution is 2.31. The Labute approximate surface area is 238 Å². The molecule has 0 bridgehead atoms. The summed E-state index contributed by atoms with van der Waals surface area (Å²) in [6.07, 6.45) is 3.98. The van der Waals surface area contributed by atoms with Gasteiger partial charge in [0.25, 0.3) is 0 Å². The largest absolute Gasteiger partial charge is 0.493 e. The maximum atomic E-state index is 11.3. The molecule has 0 radical (unpaired) electrons. The first-order valence-corrected chi connectivity index (χ1v) is 22.7. The number of carbonyl (C=O) groups excluding carboxylic acids is 1. The number of benzene rings is 2. The average molecular weight is 593 g/mol. The van der Waals surface area contributed by atoms with E-state index in [2.05, 4.69) is 51.4 Å². The van der Waals surface area contributed by atoms with Gasteiger partial charge in [0.1, 0.15) is 0 Å². The summed E-state index contributed by atoms with van der Waals surface area (Å²) in [6.45, 7) is 15.0. The van der Waals surface area contributed by atoms with Crippen LogP contribution in [0, 0.1) is 0 Å². The molecule has 0 saturated heterocycles. The van der Waals surface area contributed by atoms with Crippen molar-refractivity contribution in [2.75, 3.05) is 21.3 Å². The van der Waals surface area contributed by atoms with Crippen molar-refractivity contribution in [1.82, 2.24) is 0 Å². The van der Waals surface area contributed by atoms with E-state index >= 15 is 0 Å². The van der Waals surface area contributed by atoms with E-state index in [1.807, 2.05) is 18.2 Å². The van der Waals surface area contributed by atoms with Crippen LogP contribution in [-0.2, 0) is 25.9 Å². The quantitative estimate of drug-likeness (QED) is 0.115. The summed E-state index contributed by atoms with van der Waals surface area (Å²) in [4.78, 5) is 11.3. The predicted octanol–water partition coefficient (Wildman–Crippen LogP) is 7.35. The van der Waals surface area contributed by atoms with Crippen LogP contribution in [0.3, 0.4) is 0 Å². The fourth-order valence-corrected chi connectivity index (χ4v) is 19.1. The van der Waals surface area contributed by atoms with Crippen molar-refractivity contribution in [3.05, 3.63) is 47.5 Å². The molecule has 10 heteroatoms. The predicted molar refractivity (Wildman–Crippen MR) is 165 cm³/mol. The minimum Gasteiger partial charge on any atom is -0.493 e. The Morgan fingerprint density at radius 2 is 1.05 bits per heavy atom. The molecule has 0 N–H and O–H groups in total. The van der Waals surface area contributed by atoms with Gasteiger partial charge in [0, 0.05) is 6.92 Å². The second-order valence-electron chi connectivity index (χ2n) is 11.6. The zero-order chi connectivity index (χ0) is 29.3. The van der Waals surface area contributed by atoms with Crippen molar-refractivity contribution < 1.29 is 32.0 Å². The topological polar surface area (TPSA) is 72.5 Å². The number of aryl methyl sites for hydroxylation is 2. The van der Waals surface area contributed by atoms with E-state index in [0.717, 1.165) is 54.8 Å². The van der Waals surface area contributed by atoms with E-state index in [9.17, 15) is 4.79 Å². The maximum Gasteiger partial charge on any atom is 0.311 e. The number of ether oxygens (including phenoxy) is 4. The molecule has 0 heterocycles. The maximum absolute atomic E-state index is 11.3. The van der Waals surface area contributed by atoms with Crippen LogP contribution in [0.2, 0.25) is 51.4 Å². The van der Waals surface area contributed by atoms with Gasteiger partial charge in [-0.3, -0.25) is 4.79 Å². The standard InChI is InChI=1S/C29H48O7Si3/c1-23(30)34-27-18-16-25(22-29(27)33-4)14-12-20-38(7,8)36-39(9,10)35-37(5,6)19-11-13-24-15-17-26(31-2)28(21-24)32-3/h15-18,21-22H,11-14,19-20H2,1-10H3. The van der Waals surface area contributed by atoms with E-state index in [-0.39, 0.29) is 5.97 Å². The smallest absolute Gasteiger partial charge is 0.311 e. The molecule has 0 atom stereocenters. The van der Waals surface area contributed by atoms with Crippen LogP contribution in [-0.4, -0.2) is 52.5 Å². The lowest BCUT2D eigenvalue weighted by molar-refractivity contribution is -0.132. The lowest BCUT2D eigenvalue weighted by atomic mass is 10.1. The molecule has 2 rings (SSSR count). The van der Waals surface area contributed by atoms with Crippen LogP contribution in [0.5, 0.6) is 23.0 Å². The molecule has 7 nitrogen and oxygen atoms in total. The molecule has 218 valence electrons. The third kappa shape index (κ3) is 11.5. The zero-order valence-corrected chi connectivity index (χ0v) is 28.6. The first kappa shape index (κ1) is 33.1. The Kier molecular flexibility index (Phi) is 12.3. The van der Waals surface area contributed by atoms with E-state index < -0.39 is 25.2 Å². The zero-order valence-electron chi connectivity index (χ0n) is 25.6. The van der Waals surface area contributed by atoms with Gasteiger partial charge in [-0.2, -0.15) is 0 Å². The highest BCUT2D eigenvalue weighted by Gasteiger charge is 2.39. The van der Waals surface area contributed by atoms with Crippen LogP contribution in [0.15, 0.2) is 36.4 Å². The third-order valence-corrected chi connectivity index (χ3v) is 17.9. The minimum atomic E-state index is -2.28. The molecule has 0 saturated carbocycles. The minimum absolute atomic E-state index is 0.357. The third-order valence-electron chi connectivity index (χ3n) is 6.46. The Morgan fingerprint density at radius 3 is 1.46 bits per heavy atom. The molecule has 0 aliphatic heterocycles. The normalized spacial score (nSPS) is 12.3. The Bertz CT molecular complexity index is 1090. The summed E-state index contributed by atoms with van der Waals surface area (Å²) < 4.78 is 35.0. The summed E-state index contributed by atoms with van der Waals surface area (Å²) in [5.41, 5.74) is 2.40. The highest BCUT2D eigenvalue weighted by atomic mass is 28.5. The summed E-state index contributed by atoms with van der Waals surface area (Å²) in [5, 5.41) is 0. The summed E-state index contributed by atoms with van der Waals surface area (Å²) >= 11 is 0. The van der Waals surface area contributed by atoms with E-state index in [1.54, 1.807) is 27.4 Å². The second kappa shape index (κ2) is 14.5. The van der Waals surface area contributed by atoms with Crippen molar-refractivity contribution in [1.29, 1.82) is 0 Å². The SMILES string of the molecule is COc1ccc(CCC[Si](C)(C)O[Si](C)(C)O[Si](C)(C)CCCc2ccc(OC(C)=O)c(OC)c2)cc1OC. The van der Waals surface area contributed by atoms with Gasteiger partial charge in [0.05, 0.1) is 21.3 Å². The van der Waals surface area contributed by atoms with E-state index in [4.69, 9.17) is 27.2 Å². The molecule has 0 aromatic heterocycles. The first-order valence-electron chi connectivity index (χ1n) is 13.7. The summed E-state index contributed by atoms with van der Waals surface area (Å²) in [6, 6.07) is 14.0. The molecule has 0 aliphatic carbocycles. The van der Waals surface area contributed by atoms with Gasteiger partial charge >= 0.3 is 14.5 Å². The Balaban J connectivity index is 1.86. The van der Waals surface area contributed by atoms with Crippen LogP contribution in [0.4, 0.5) is 0 Å². The van der Waals surface area contributed by atoms with Crippen LogP contribution in [0.25, 0.3) is 0 Å². The van der Waals surface area contributed by atoms with Crippen molar-refractivity contribution in [2.24, 2.45) is 0 Å². The van der Waals surface area contributed by atoms with Crippen LogP contribution < -0.4 is 18.9 Å². The lowest BCUT2D eigenvalue weighted by Crippen LogP contribution is -2.52. The van der Waals surface area contributed by atoms with Gasteiger partial charge in [-0.1, -0.05) is 12.1 Å². The lowest BCUT2D eigenvalue weighted by Gasteiger charge is -2.39. The number of rotatable bonds is 16. The van der Waals surface area contributed by atoms with Gasteiger partial charge in [-0.05, 0) is 112 Å². The number of carbonyl (C=O) groups is 1. The number of hydrogen-bond donors (Lipinski definition) is 0. The van der Waals surface area contributed by atoms with Gasteiger partial charge in [0.2, 0.25) is 0 Å². The second-order valence-corrected chi connectivity index (χ2v) is 24.1. The molecule has 0 amide bonds. The molecule has 0 spiro atoms. The molecule has 0 fully saturated rings. The van der Waals surface area contributed by atoms with E-state index in [1.165, 1.54) is 12.5 Å². The Hall–Kier alpha value is -2.12. The van der Waals surface area contributed by atoms with Gasteiger partial charge < -0.3 is 27.2 Å². The van der Waals surface area contributed by atoms with Crippen molar-refractivity contribution >= 4 is 31.2 Å². The average Bonchev–Trinajstić information content (AvgIpc) is 2.82. The fraction of sp³-hybridized carbons (Fsp3) is 0.552. The van der Waals surface area contributed by atoms with Crippen molar-refractivity contribution in [3.8, 4) is 23.0 Å². The highest BCUT2D eigenvalue weighted by molar-refractivity contribution is 6.87. The van der Waals surface area contributed by atoms with Crippen molar-refractivity contribution in [2.45, 2.75) is 84.0 Å². The molecule has 2 aromatic carbocycles. The number of methoxy groups -OCH3 is 3. The molecule has 39 heavy (non-hydrogen) atoms. The van der Waals surface area contributed by atoms with Crippen LogP contribution in [0.1, 0.15) is 30.9 Å².